The predicted octanol–water partition coefficient (Wildman–Crippen LogP) is 7.13. The van der Waals surface area contributed by atoms with E-state index in [-0.39, 0.29) is 36.2 Å². The molecule has 0 spiro atoms. The standard InChI is InChI=1S/C31H33F5O6S/c1-29(22-8-10-23(37)11-9-22)20-42-27-19-24(38)12-13-26(27)28(29)21-6-4-7-25(18-21)41-15-2-3-16-43(39,40)17-5-14-30(32,33)31(34,35)36/h4,6-13,18-19,28,37-38H,2-3,5,14-17,20H2,1H3. The summed E-state index contributed by atoms with van der Waals surface area (Å²) in [5.74, 6) is -4.93. The van der Waals surface area contributed by atoms with Gasteiger partial charge in [0, 0.05) is 29.4 Å². The van der Waals surface area contributed by atoms with Crippen molar-refractivity contribution in [3.63, 3.8) is 0 Å². The van der Waals surface area contributed by atoms with Crippen LogP contribution in [0.3, 0.4) is 0 Å². The third kappa shape index (κ3) is 7.70. The highest BCUT2D eigenvalue weighted by molar-refractivity contribution is 7.91. The molecule has 0 fully saturated rings. The van der Waals surface area contributed by atoms with Crippen molar-refractivity contribution in [2.75, 3.05) is 24.7 Å². The molecule has 2 atom stereocenters. The summed E-state index contributed by atoms with van der Waals surface area (Å²) in [6.07, 6.45) is -7.57. The summed E-state index contributed by atoms with van der Waals surface area (Å²) in [4.78, 5) is 0. The maximum absolute atomic E-state index is 13.0. The number of hydrogen-bond acceptors (Lipinski definition) is 6. The summed E-state index contributed by atoms with van der Waals surface area (Å²) in [6.45, 7) is 2.52. The number of benzene rings is 3. The van der Waals surface area contributed by atoms with Crippen LogP contribution >= 0.6 is 0 Å². The van der Waals surface area contributed by atoms with Crippen molar-refractivity contribution in [1.82, 2.24) is 0 Å². The van der Waals surface area contributed by atoms with E-state index in [1.807, 2.05) is 36.4 Å². The lowest BCUT2D eigenvalue weighted by Gasteiger charge is -2.43. The molecule has 0 saturated heterocycles. The highest BCUT2D eigenvalue weighted by atomic mass is 32.2. The molecule has 0 saturated carbocycles. The van der Waals surface area contributed by atoms with Crippen molar-refractivity contribution in [2.24, 2.45) is 0 Å². The van der Waals surface area contributed by atoms with E-state index in [9.17, 15) is 40.6 Å². The Hall–Kier alpha value is -3.54. The van der Waals surface area contributed by atoms with Crippen LogP contribution in [-0.2, 0) is 15.3 Å². The molecule has 1 aliphatic rings. The Morgan fingerprint density at radius 1 is 0.907 bits per heavy atom. The fourth-order valence-corrected chi connectivity index (χ4v) is 6.77. The molecule has 4 rings (SSSR count). The maximum atomic E-state index is 13.0. The smallest absolute Gasteiger partial charge is 0.453 e. The second-order valence-corrected chi connectivity index (χ2v) is 13.3. The van der Waals surface area contributed by atoms with E-state index >= 15 is 0 Å². The summed E-state index contributed by atoms with van der Waals surface area (Å²) in [7, 11) is -3.79. The number of sulfone groups is 1. The first-order valence-electron chi connectivity index (χ1n) is 13.7. The Morgan fingerprint density at radius 3 is 2.28 bits per heavy atom. The van der Waals surface area contributed by atoms with Crippen LogP contribution < -0.4 is 9.47 Å². The summed E-state index contributed by atoms with van der Waals surface area (Å²) < 4.78 is 99.1. The van der Waals surface area contributed by atoms with E-state index in [2.05, 4.69) is 6.92 Å². The van der Waals surface area contributed by atoms with Crippen molar-refractivity contribution in [1.29, 1.82) is 0 Å². The van der Waals surface area contributed by atoms with E-state index in [0.717, 1.165) is 16.7 Å². The number of alkyl halides is 5. The molecule has 43 heavy (non-hydrogen) atoms. The molecular formula is C31H33F5O6S. The largest absolute Gasteiger partial charge is 0.508 e. The van der Waals surface area contributed by atoms with Crippen LogP contribution in [0.4, 0.5) is 22.0 Å². The van der Waals surface area contributed by atoms with E-state index < -0.39 is 45.9 Å². The van der Waals surface area contributed by atoms with Crippen LogP contribution in [0, 0.1) is 0 Å². The number of phenolic OH excluding ortho intramolecular Hbond substituents is 2. The van der Waals surface area contributed by atoms with Gasteiger partial charge in [-0.15, -0.1) is 0 Å². The lowest BCUT2D eigenvalue weighted by Crippen LogP contribution is -2.40. The van der Waals surface area contributed by atoms with Gasteiger partial charge in [0.05, 0.1) is 24.7 Å². The average molecular weight is 629 g/mol. The quantitative estimate of drug-likeness (QED) is 0.164. The maximum Gasteiger partial charge on any atom is 0.453 e. The van der Waals surface area contributed by atoms with Crippen LogP contribution in [0.25, 0.3) is 0 Å². The van der Waals surface area contributed by atoms with Gasteiger partial charge < -0.3 is 19.7 Å². The first-order valence-corrected chi connectivity index (χ1v) is 15.6. The van der Waals surface area contributed by atoms with Crippen molar-refractivity contribution < 1.29 is 50.1 Å². The molecule has 0 bridgehead atoms. The van der Waals surface area contributed by atoms with Gasteiger partial charge in [0.2, 0.25) is 0 Å². The number of ether oxygens (including phenoxy) is 2. The van der Waals surface area contributed by atoms with E-state index in [4.69, 9.17) is 9.47 Å². The van der Waals surface area contributed by atoms with Crippen molar-refractivity contribution in [3.8, 4) is 23.0 Å². The molecule has 3 aromatic carbocycles. The number of aromatic hydroxyl groups is 2. The Bertz CT molecular complexity index is 1510. The molecule has 1 heterocycles. The van der Waals surface area contributed by atoms with Gasteiger partial charge in [-0.25, -0.2) is 8.42 Å². The van der Waals surface area contributed by atoms with Crippen LogP contribution in [0.5, 0.6) is 23.0 Å². The molecule has 12 heteroatoms. The Balaban J connectivity index is 1.40. The molecule has 1 aliphatic heterocycles. The van der Waals surface area contributed by atoms with Crippen molar-refractivity contribution in [2.45, 2.75) is 56.0 Å². The molecule has 6 nitrogen and oxygen atoms in total. The van der Waals surface area contributed by atoms with Crippen molar-refractivity contribution >= 4 is 9.84 Å². The van der Waals surface area contributed by atoms with Crippen LogP contribution in [0.15, 0.2) is 66.7 Å². The number of fused-ring (bicyclic) bond motifs is 1. The lowest BCUT2D eigenvalue weighted by atomic mass is 9.65. The van der Waals surface area contributed by atoms with Crippen molar-refractivity contribution in [3.05, 3.63) is 83.4 Å². The summed E-state index contributed by atoms with van der Waals surface area (Å²) in [5, 5.41) is 19.9. The number of unbranched alkanes of at least 4 members (excludes halogenated alkanes) is 1. The third-order valence-electron chi connectivity index (χ3n) is 7.67. The molecule has 3 aromatic rings. The van der Waals surface area contributed by atoms with Gasteiger partial charge in [-0.05, 0) is 60.7 Å². The SMILES string of the molecule is CC1(c2ccc(O)cc2)COc2cc(O)ccc2C1c1cccc(OCCCCS(=O)(=O)CCCC(F)(F)C(F)(F)F)c1. The summed E-state index contributed by atoms with van der Waals surface area (Å²) in [6, 6.07) is 19.3. The van der Waals surface area contributed by atoms with Gasteiger partial charge in [-0.1, -0.05) is 37.3 Å². The fourth-order valence-electron chi connectivity index (χ4n) is 5.34. The first-order chi connectivity index (χ1) is 20.1. The molecule has 0 amide bonds. The predicted molar refractivity (Wildman–Crippen MR) is 151 cm³/mol. The van der Waals surface area contributed by atoms with Gasteiger partial charge in [0.1, 0.15) is 32.8 Å². The zero-order valence-electron chi connectivity index (χ0n) is 23.4. The second kappa shape index (κ2) is 12.6. The Morgan fingerprint density at radius 2 is 1.58 bits per heavy atom. The average Bonchev–Trinajstić information content (AvgIpc) is 2.92. The van der Waals surface area contributed by atoms with E-state index in [1.165, 1.54) is 0 Å². The minimum Gasteiger partial charge on any atom is -0.508 e. The zero-order chi connectivity index (χ0) is 31.5. The summed E-state index contributed by atoms with van der Waals surface area (Å²) >= 11 is 0. The topological polar surface area (TPSA) is 93.1 Å². The minimum atomic E-state index is -5.70. The van der Waals surface area contributed by atoms with Gasteiger partial charge in [0.15, 0.2) is 0 Å². The number of hydrogen-bond donors (Lipinski definition) is 2. The van der Waals surface area contributed by atoms with Crippen LogP contribution in [0.2, 0.25) is 0 Å². The Kier molecular flexibility index (Phi) is 9.48. The molecule has 2 unspecified atom stereocenters. The number of halogens is 5. The molecular weight excluding hydrogens is 595 g/mol. The molecule has 2 N–H and O–H groups in total. The van der Waals surface area contributed by atoms with Gasteiger partial charge in [-0.2, -0.15) is 22.0 Å². The summed E-state index contributed by atoms with van der Waals surface area (Å²) in [5.41, 5.74) is 2.13. The van der Waals surface area contributed by atoms with Crippen LogP contribution in [0.1, 0.15) is 55.2 Å². The zero-order valence-corrected chi connectivity index (χ0v) is 24.2. The highest BCUT2D eigenvalue weighted by Crippen LogP contribution is 2.51. The molecule has 0 aliphatic carbocycles. The minimum absolute atomic E-state index is 0.0732. The van der Waals surface area contributed by atoms with Crippen LogP contribution in [-0.4, -0.2) is 55.4 Å². The normalized spacial score (nSPS) is 19.0. The van der Waals surface area contributed by atoms with E-state index in [1.54, 1.807) is 30.3 Å². The first kappa shape index (κ1) is 32.4. The Labute approximate surface area is 247 Å². The monoisotopic (exact) mass is 628 g/mol. The van der Waals surface area contributed by atoms with Gasteiger partial charge in [0.25, 0.3) is 0 Å². The number of rotatable bonds is 12. The highest BCUT2D eigenvalue weighted by Gasteiger charge is 2.56. The second-order valence-electron chi connectivity index (χ2n) is 11.0. The van der Waals surface area contributed by atoms with Gasteiger partial charge in [-0.3, -0.25) is 0 Å². The molecule has 0 radical (unpaired) electrons. The van der Waals surface area contributed by atoms with Gasteiger partial charge >= 0.3 is 12.1 Å². The molecule has 0 aromatic heterocycles. The fraction of sp³-hybridized carbons (Fsp3) is 0.419. The number of phenols is 2. The van der Waals surface area contributed by atoms with E-state index in [0.29, 0.717) is 24.5 Å². The lowest BCUT2D eigenvalue weighted by molar-refractivity contribution is -0.284. The third-order valence-corrected chi connectivity index (χ3v) is 9.49. The molecule has 234 valence electrons.